The molecule has 1 aliphatic heterocycles. The van der Waals surface area contributed by atoms with Gasteiger partial charge in [-0.25, -0.2) is 8.42 Å². The average molecular weight is 320 g/mol. The number of anilines is 1. The van der Waals surface area contributed by atoms with Gasteiger partial charge in [0.05, 0.1) is 17.1 Å². The number of sulfonamides is 1. The van der Waals surface area contributed by atoms with Crippen LogP contribution in [0.15, 0.2) is 29.2 Å². The van der Waals surface area contributed by atoms with Crippen molar-refractivity contribution in [2.45, 2.75) is 25.3 Å². The summed E-state index contributed by atoms with van der Waals surface area (Å²) < 4.78 is 29.5. The van der Waals surface area contributed by atoms with E-state index in [4.69, 9.17) is 0 Å². The third kappa shape index (κ3) is 2.30. The number of hydrogen-bond acceptors (Lipinski definition) is 4. The van der Waals surface area contributed by atoms with E-state index >= 15 is 0 Å². The fourth-order valence-electron chi connectivity index (χ4n) is 2.92. The van der Waals surface area contributed by atoms with Crippen molar-refractivity contribution in [2.75, 3.05) is 17.4 Å². The topological polar surface area (TPSA) is 67.2 Å². The molecule has 0 aliphatic carbocycles. The lowest BCUT2D eigenvalue weighted by Gasteiger charge is -2.24. The highest BCUT2D eigenvalue weighted by atomic mass is 32.2. The number of hydrogen-bond donors (Lipinski definition) is 1. The number of nitrogens with one attached hydrogen (secondary N) is 1. The molecule has 22 heavy (non-hydrogen) atoms. The van der Waals surface area contributed by atoms with Crippen LogP contribution in [0.25, 0.3) is 0 Å². The third-order valence-electron chi connectivity index (χ3n) is 4.06. The van der Waals surface area contributed by atoms with E-state index in [0.717, 1.165) is 11.3 Å². The lowest BCUT2D eigenvalue weighted by molar-refractivity contribution is 0.588. The van der Waals surface area contributed by atoms with Crippen LogP contribution >= 0.6 is 0 Å². The molecule has 2 aromatic rings. The van der Waals surface area contributed by atoms with Gasteiger partial charge in [0.1, 0.15) is 4.90 Å². The Morgan fingerprint density at radius 2 is 1.95 bits per heavy atom. The molecule has 0 saturated carbocycles. The highest BCUT2D eigenvalue weighted by Crippen LogP contribution is 2.30. The summed E-state index contributed by atoms with van der Waals surface area (Å²) in [5, 5.41) is 7.51. The monoisotopic (exact) mass is 320 g/mol. The largest absolute Gasteiger partial charge is 0.311 e. The molecule has 0 radical (unpaired) electrons. The smallest absolute Gasteiger partial charge is 0.268 e. The molecule has 6 nitrogen and oxygen atoms in total. The fourth-order valence-corrected chi connectivity index (χ4v) is 4.82. The van der Waals surface area contributed by atoms with E-state index < -0.39 is 10.0 Å². The molecule has 0 bridgehead atoms. The van der Waals surface area contributed by atoms with Crippen molar-refractivity contribution in [3.05, 3.63) is 41.2 Å². The molecule has 3 rings (SSSR count). The molecule has 2 heterocycles. The molecule has 1 aromatic carbocycles. The summed E-state index contributed by atoms with van der Waals surface area (Å²) in [5.74, 6) is 0. The van der Waals surface area contributed by atoms with E-state index in [0.29, 0.717) is 35.9 Å². The second-order valence-electron chi connectivity index (χ2n) is 5.51. The van der Waals surface area contributed by atoms with Crippen molar-refractivity contribution in [2.24, 2.45) is 7.05 Å². The predicted octanol–water partition coefficient (Wildman–Crippen LogP) is 1.34. The Bertz CT molecular complexity index is 811. The van der Waals surface area contributed by atoms with E-state index in [-0.39, 0.29) is 0 Å². The molecule has 0 spiro atoms. The van der Waals surface area contributed by atoms with Gasteiger partial charge in [-0.05, 0) is 25.5 Å². The van der Waals surface area contributed by atoms with Crippen LogP contribution in [0.2, 0.25) is 0 Å². The van der Waals surface area contributed by atoms with Gasteiger partial charge in [0.15, 0.2) is 0 Å². The molecule has 118 valence electrons. The maximum Gasteiger partial charge on any atom is 0.268 e. The molecule has 7 heteroatoms. The summed E-state index contributed by atoms with van der Waals surface area (Å²) in [5.41, 5.74) is 2.93. The van der Waals surface area contributed by atoms with Gasteiger partial charge in [-0.2, -0.15) is 5.10 Å². The molecule has 0 fully saturated rings. The van der Waals surface area contributed by atoms with Gasteiger partial charge in [-0.1, -0.05) is 18.2 Å². The Balaban J connectivity index is 2.17. The third-order valence-corrected chi connectivity index (χ3v) is 6.12. The molecule has 1 aromatic heterocycles. The SMILES string of the molecule is Cc1nn(C)c(C)c1S(=O)(=O)N1CCNCc2ccccc21. The molecule has 0 unspecified atom stereocenters. The van der Waals surface area contributed by atoms with E-state index in [9.17, 15) is 8.42 Å². The summed E-state index contributed by atoms with van der Waals surface area (Å²) >= 11 is 0. The molecule has 0 saturated heterocycles. The zero-order valence-corrected chi connectivity index (χ0v) is 13.8. The van der Waals surface area contributed by atoms with Gasteiger partial charge < -0.3 is 5.32 Å². The molecule has 0 atom stereocenters. The maximum absolute atomic E-state index is 13.2. The Kier molecular flexibility index (Phi) is 3.70. The van der Waals surface area contributed by atoms with Crippen LogP contribution in [0.3, 0.4) is 0 Å². The number of benzene rings is 1. The molecule has 1 N–H and O–H groups in total. The van der Waals surface area contributed by atoms with Crippen LogP contribution in [0, 0.1) is 13.8 Å². The molecule has 1 aliphatic rings. The van der Waals surface area contributed by atoms with E-state index in [1.54, 1.807) is 25.6 Å². The van der Waals surface area contributed by atoms with Crippen LogP contribution < -0.4 is 9.62 Å². The van der Waals surface area contributed by atoms with E-state index in [1.807, 2.05) is 24.3 Å². The van der Waals surface area contributed by atoms with Gasteiger partial charge in [-0.15, -0.1) is 0 Å². The predicted molar refractivity (Wildman–Crippen MR) is 85.4 cm³/mol. The Hall–Kier alpha value is -1.86. The lowest BCUT2D eigenvalue weighted by Crippen LogP contribution is -2.35. The van der Waals surface area contributed by atoms with Crippen molar-refractivity contribution < 1.29 is 8.42 Å². The average Bonchev–Trinajstić information content (AvgIpc) is 2.66. The Morgan fingerprint density at radius 3 is 2.64 bits per heavy atom. The van der Waals surface area contributed by atoms with Crippen molar-refractivity contribution in [3.63, 3.8) is 0 Å². The van der Waals surface area contributed by atoms with Crippen LogP contribution in [0.4, 0.5) is 5.69 Å². The van der Waals surface area contributed by atoms with E-state index in [2.05, 4.69) is 10.4 Å². The van der Waals surface area contributed by atoms with Crippen LogP contribution in [0.1, 0.15) is 17.0 Å². The first kappa shape index (κ1) is 15.1. The highest BCUT2D eigenvalue weighted by Gasteiger charge is 2.32. The number of aryl methyl sites for hydroxylation is 2. The summed E-state index contributed by atoms with van der Waals surface area (Å²) in [6.45, 7) is 5.23. The van der Waals surface area contributed by atoms with Crippen molar-refractivity contribution in [3.8, 4) is 0 Å². The summed E-state index contributed by atoms with van der Waals surface area (Å²) in [4.78, 5) is 0.312. The summed E-state index contributed by atoms with van der Waals surface area (Å²) in [7, 11) is -1.87. The minimum absolute atomic E-state index is 0.312. The quantitative estimate of drug-likeness (QED) is 0.907. The number of para-hydroxylation sites is 1. The summed E-state index contributed by atoms with van der Waals surface area (Å²) in [6, 6.07) is 7.62. The molecule has 0 amide bonds. The first-order chi connectivity index (χ1) is 10.4. The van der Waals surface area contributed by atoms with Gasteiger partial charge in [-0.3, -0.25) is 8.99 Å². The highest BCUT2D eigenvalue weighted by molar-refractivity contribution is 7.93. The lowest BCUT2D eigenvalue weighted by atomic mass is 10.2. The second-order valence-corrected chi connectivity index (χ2v) is 7.31. The van der Waals surface area contributed by atoms with Crippen molar-refractivity contribution in [1.29, 1.82) is 0 Å². The molecular formula is C15H20N4O2S. The van der Waals surface area contributed by atoms with Gasteiger partial charge in [0.25, 0.3) is 10.0 Å². The van der Waals surface area contributed by atoms with Gasteiger partial charge >= 0.3 is 0 Å². The van der Waals surface area contributed by atoms with Crippen LogP contribution in [0.5, 0.6) is 0 Å². The van der Waals surface area contributed by atoms with E-state index in [1.165, 1.54) is 4.31 Å². The Morgan fingerprint density at radius 1 is 1.23 bits per heavy atom. The summed E-state index contributed by atoms with van der Waals surface area (Å²) in [6.07, 6.45) is 0. The van der Waals surface area contributed by atoms with Gasteiger partial charge in [0.2, 0.25) is 0 Å². The minimum atomic E-state index is -3.63. The van der Waals surface area contributed by atoms with Crippen LogP contribution in [-0.2, 0) is 23.6 Å². The maximum atomic E-state index is 13.2. The normalized spacial score (nSPS) is 15.5. The number of nitrogens with zero attached hydrogens (tertiary/aromatic N) is 3. The molecular weight excluding hydrogens is 300 g/mol. The first-order valence-electron chi connectivity index (χ1n) is 7.24. The van der Waals surface area contributed by atoms with Crippen LogP contribution in [-0.4, -0.2) is 31.3 Å². The minimum Gasteiger partial charge on any atom is -0.311 e. The van der Waals surface area contributed by atoms with Gasteiger partial charge in [0, 0.05) is 26.7 Å². The second kappa shape index (κ2) is 5.40. The van der Waals surface area contributed by atoms with Crippen molar-refractivity contribution >= 4 is 15.7 Å². The Labute approximate surface area is 130 Å². The zero-order chi connectivity index (χ0) is 15.9. The number of fused-ring (bicyclic) bond motifs is 1. The number of aromatic nitrogens is 2. The number of rotatable bonds is 2. The fraction of sp³-hybridized carbons (Fsp3) is 0.400. The van der Waals surface area contributed by atoms with Crippen molar-refractivity contribution in [1.82, 2.24) is 15.1 Å². The first-order valence-corrected chi connectivity index (χ1v) is 8.68. The standard InChI is InChI=1S/C15H20N4O2S/c1-11-15(12(2)18(3)17-11)22(20,21)19-9-8-16-10-13-6-4-5-7-14(13)19/h4-7,16H,8-10H2,1-3H3. The zero-order valence-electron chi connectivity index (χ0n) is 13.0.